The molecule has 2 aromatic rings. The molecule has 0 radical (unpaired) electrons. The number of carbonyl (C=O) groups is 2. The number of aliphatic hydroxyl groups excluding tert-OH is 1. The Balaban J connectivity index is 0. The Morgan fingerprint density at radius 2 is 1.12 bits per heavy atom. The molecule has 0 atom stereocenters. The highest BCUT2D eigenvalue weighted by Crippen LogP contribution is 2.34. The van der Waals surface area contributed by atoms with Crippen molar-refractivity contribution in [2.75, 3.05) is 14.2 Å². The van der Waals surface area contributed by atoms with Gasteiger partial charge in [-0.1, -0.05) is 42.8 Å². The molecule has 0 aliphatic rings. The number of aromatic carboxylic acids is 1. The third-order valence-electron chi connectivity index (χ3n) is 2.75. The molecule has 0 unspecified atom stereocenters. The van der Waals surface area contributed by atoms with Gasteiger partial charge in [0.2, 0.25) is 0 Å². The largest absolute Gasteiger partial charge is 0.504 e. The molecule has 0 amide bonds. The molecular weight excluding hydrogens is 507 g/mol. The predicted octanol–water partition coefficient (Wildman–Crippen LogP) is 4.66. The van der Waals surface area contributed by atoms with Crippen molar-refractivity contribution in [2.24, 2.45) is 0 Å². The Labute approximate surface area is 200 Å². The minimum atomic E-state index is -1.22. The lowest BCUT2D eigenvalue weighted by Gasteiger charge is -2.03. The first-order valence-electron chi connectivity index (χ1n) is 8.46. The quantitative estimate of drug-likeness (QED) is 0.140. The molecule has 2 rings (SSSR count). The molecule has 2 aromatic carbocycles. The number of carboxylic acids is 1. The van der Waals surface area contributed by atoms with Gasteiger partial charge in [-0.3, -0.25) is 0 Å². The van der Waals surface area contributed by atoms with Crippen molar-refractivity contribution in [1.29, 1.82) is 0 Å². The molecular formula is C19H25Cl3O9Si. The van der Waals surface area contributed by atoms with Gasteiger partial charge in [0.15, 0.2) is 23.0 Å². The Bertz CT molecular complexity index is 863. The highest BCUT2D eigenvalue weighted by Gasteiger charge is 2.13. The minimum Gasteiger partial charge on any atom is -0.504 e. The summed E-state index contributed by atoms with van der Waals surface area (Å²) in [7, 11) is 1.07. The van der Waals surface area contributed by atoms with Gasteiger partial charge in [-0.05, 0) is 24.3 Å². The van der Waals surface area contributed by atoms with E-state index in [0.717, 1.165) is 25.3 Å². The summed E-state index contributed by atoms with van der Waals surface area (Å²) in [5.41, 5.74) is -0.0851. The molecule has 32 heavy (non-hydrogen) atoms. The van der Waals surface area contributed by atoms with E-state index in [4.69, 9.17) is 64.9 Å². The van der Waals surface area contributed by atoms with Crippen LogP contribution in [0.15, 0.2) is 24.3 Å². The van der Waals surface area contributed by atoms with E-state index in [2.05, 4.69) is 24.4 Å². The minimum absolute atomic E-state index is 0.0859. The van der Waals surface area contributed by atoms with Crippen LogP contribution in [0.5, 0.6) is 23.0 Å². The third kappa shape index (κ3) is 12.5. The Morgan fingerprint density at radius 3 is 1.41 bits per heavy atom. The number of halogens is 3. The summed E-state index contributed by atoms with van der Waals surface area (Å²) in [6.45, 7) is 6.28. The van der Waals surface area contributed by atoms with Crippen LogP contribution in [0.3, 0.4) is 0 Å². The molecule has 0 heterocycles. The van der Waals surface area contributed by atoms with E-state index in [1.54, 1.807) is 0 Å². The van der Waals surface area contributed by atoms with E-state index in [-0.39, 0.29) is 21.2 Å². The number of benzene rings is 2. The van der Waals surface area contributed by atoms with E-state index in [9.17, 15) is 9.59 Å². The van der Waals surface area contributed by atoms with Crippen LogP contribution in [0.1, 0.15) is 20.7 Å². The van der Waals surface area contributed by atoms with Gasteiger partial charge in [0.25, 0.3) is 0 Å². The van der Waals surface area contributed by atoms with Crippen molar-refractivity contribution < 1.29 is 45.0 Å². The second-order valence-corrected chi connectivity index (χ2v) is 14.9. The fourth-order valence-corrected chi connectivity index (χ4v) is 1.96. The van der Waals surface area contributed by atoms with Crippen molar-refractivity contribution >= 4 is 53.6 Å². The number of hydrogen-bond donors (Lipinski definition) is 6. The lowest BCUT2D eigenvalue weighted by Crippen LogP contribution is -2.06. The standard InChI is InChI=1S/C8H7ClO4.C7H5ClO4.C3H9ClSi.CH4O/c1-13-8(12)4-2-5(9)7(11)6(10)3-4;8-4-1-3(7(11)12)2-5(9)6(4)10;1-5(2,3)4;1-2/h2-3,10-11H,1H3;1-2,9-10H,(H,11,12);1-3H3;2H,1H3. The second-order valence-electron chi connectivity index (χ2n) is 6.52. The maximum Gasteiger partial charge on any atom is 0.338 e. The summed E-state index contributed by atoms with van der Waals surface area (Å²) >= 11 is 16.6. The number of methoxy groups -OCH3 is 1. The number of carbonyl (C=O) groups excluding carboxylic acids is 1. The molecule has 0 fully saturated rings. The average Bonchev–Trinajstić information content (AvgIpc) is 2.69. The van der Waals surface area contributed by atoms with Crippen LogP contribution in [0.2, 0.25) is 29.7 Å². The molecule has 0 saturated carbocycles. The number of carboxylic acid groups (broad SMARTS) is 1. The normalized spacial score (nSPS) is 9.66. The van der Waals surface area contributed by atoms with Crippen LogP contribution < -0.4 is 0 Å². The molecule has 0 bridgehead atoms. The number of esters is 1. The zero-order valence-corrected chi connectivity index (χ0v) is 21.1. The number of aromatic hydroxyl groups is 4. The van der Waals surface area contributed by atoms with Gasteiger partial charge in [0.05, 0.1) is 28.3 Å². The van der Waals surface area contributed by atoms with Crippen LogP contribution in [0.4, 0.5) is 0 Å². The number of rotatable bonds is 2. The maximum atomic E-state index is 11.0. The van der Waals surface area contributed by atoms with Gasteiger partial charge in [0, 0.05) is 7.11 Å². The summed E-state index contributed by atoms with van der Waals surface area (Å²) < 4.78 is 4.40. The number of phenols is 4. The van der Waals surface area contributed by atoms with E-state index in [1.165, 1.54) is 13.2 Å². The molecule has 9 nitrogen and oxygen atoms in total. The lowest BCUT2D eigenvalue weighted by atomic mass is 10.2. The predicted molar refractivity (Wildman–Crippen MR) is 125 cm³/mol. The van der Waals surface area contributed by atoms with Crippen molar-refractivity contribution in [3.63, 3.8) is 0 Å². The van der Waals surface area contributed by atoms with E-state index >= 15 is 0 Å². The van der Waals surface area contributed by atoms with Crippen LogP contribution in [0.25, 0.3) is 0 Å². The second kappa shape index (κ2) is 14.6. The van der Waals surface area contributed by atoms with Gasteiger partial charge in [0.1, 0.15) is 7.38 Å². The molecule has 6 N–H and O–H groups in total. The summed E-state index contributed by atoms with van der Waals surface area (Å²) in [5, 5.41) is 51.2. The summed E-state index contributed by atoms with van der Waals surface area (Å²) in [6.07, 6.45) is 0. The third-order valence-corrected chi connectivity index (χ3v) is 3.33. The first kappa shape index (κ1) is 31.8. The zero-order valence-electron chi connectivity index (χ0n) is 17.9. The van der Waals surface area contributed by atoms with Crippen molar-refractivity contribution in [2.45, 2.75) is 19.6 Å². The number of hydrogen-bond acceptors (Lipinski definition) is 8. The Morgan fingerprint density at radius 1 is 0.812 bits per heavy atom. The van der Waals surface area contributed by atoms with Crippen LogP contribution in [-0.2, 0) is 4.74 Å². The molecule has 0 spiro atoms. The van der Waals surface area contributed by atoms with Crippen LogP contribution >= 0.6 is 34.3 Å². The van der Waals surface area contributed by atoms with Gasteiger partial charge < -0.3 is 35.4 Å². The smallest absolute Gasteiger partial charge is 0.338 e. The van der Waals surface area contributed by atoms with E-state index in [0.29, 0.717) is 0 Å². The Kier molecular flexibility index (Phi) is 14.6. The first-order valence-corrected chi connectivity index (χ1v) is 13.7. The van der Waals surface area contributed by atoms with E-state index < -0.39 is 42.3 Å². The lowest BCUT2D eigenvalue weighted by molar-refractivity contribution is 0.0599. The highest BCUT2D eigenvalue weighted by atomic mass is 35.6. The molecule has 0 aliphatic heterocycles. The van der Waals surface area contributed by atoms with Gasteiger partial charge in [-0.15, -0.1) is 0 Å². The molecule has 0 saturated heterocycles. The fourth-order valence-electron chi connectivity index (χ4n) is 1.53. The topological polar surface area (TPSA) is 165 Å². The molecule has 0 aromatic heterocycles. The van der Waals surface area contributed by atoms with Gasteiger partial charge in [-0.25, -0.2) is 9.59 Å². The van der Waals surface area contributed by atoms with Crippen molar-refractivity contribution in [1.82, 2.24) is 0 Å². The molecule has 0 aliphatic carbocycles. The summed E-state index contributed by atoms with van der Waals surface area (Å²) in [4.78, 5) is 21.3. The Hall–Kier alpha value is -2.37. The molecule has 180 valence electrons. The van der Waals surface area contributed by atoms with Crippen molar-refractivity contribution in [3.05, 3.63) is 45.4 Å². The number of ether oxygens (including phenoxy) is 1. The van der Waals surface area contributed by atoms with Crippen LogP contribution in [0, 0.1) is 0 Å². The van der Waals surface area contributed by atoms with Gasteiger partial charge >= 0.3 is 11.9 Å². The number of phenolic OH excluding ortho intramolecular Hbond substituents is 4. The van der Waals surface area contributed by atoms with Gasteiger partial charge in [-0.2, -0.15) is 11.1 Å². The van der Waals surface area contributed by atoms with Crippen LogP contribution in [-0.4, -0.2) is 64.2 Å². The monoisotopic (exact) mass is 530 g/mol. The first-order chi connectivity index (χ1) is 14.6. The highest BCUT2D eigenvalue weighted by molar-refractivity contribution is 7.18. The zero-order chi connectivity index (χ0) is 25.8. The van der Waals surface area contributed by atoms with E-state index in [1.807, 2.05) is 0 Å². The fraction of sp³-hybridized carbons (Fsp3) is 0.263. The number of aliphatic hydroxyl groups is 1. The summed E-state index contributed by atoms with van der Waals surface area (Å²) in [6, 6.07) is 4.26. The molecule has 13 heteroatoms. The SMILES string of the molecule is CO.COC(=O)c1cc(O)c(O)c(Cl)c1.C[Si](C)(C)Cl.O=C(O)c1cc(O)c(O)c(Cl)c1. The average molecular weight is 532 g/mol. The summed E-state index contributed by atoms with van der Waals surface area (Å²) in [5.74, 6) is -3.80. The van der Waals surface area contributed by atoms with Crippen molar-refractivity contribution in [3.8, 4) is 23.0 Å². The maximum absolute atomic E-state index is 11.0.